The van der Waals surface area contributed by atoms with Crippen LogP contribution in [0.2, 0.25) is 0 Å². The summed E-state index contributed by atoms with van der Waals surface area (Å²) < 4.78 is 32.3. The van der Waals surface area contributed by atoms with Crippen molar-refractivity contribution in [3.63, 3.8) is 0 Å². The van der Waals surface area contributed by atoms with Crippen molar-refractivity contribution in [1.29, 1.82) is 0 Å². The standard InChI is InChI=1S/C20H20F2N2O3/c21-15-6-7-17(18(22)14-15)20(26)24-11-9-23(10-12-24)19(25)8-13-27-16-4-2-1-3-5-16/h1-7,14H,8-13H2. The lowest BCUT2D eigenvalue weighted by Gasteiger charge is -2.35. The molecule has 1 heterocycles. The van der Waals surface area contributed by atoms with Crippen LogP contribution >= 0.6 is 0 Å². The number of para-hydroxylation sites is 1. The van der Waals surface area contributed by atoms with Crippen molar-refractivity contribution in [2.24, 2.45) is 0 Å². The summed E-state index contributed by atoms with van der Waals surface area (Å²) in [5, 5.41) is 0. The summed E-state index contributed by atoms with van der Waals surface area (Å²) in [4.78, 5) is 27.8. The van der Waals surface area contributed by atoms with Crippen molar-refractivity contribution in [2.75, 3.05) is 32.8 Å². The Morgan fingerprint density at radius 1 is 0.926 bits per heavy atom. The molecule has 1 fully saturated rings. The molecule has 0 bridgehead atoms. The third kappa shape index (κ3) is 4.81. The van der Waals surface area contributed by atoms with E-state index in [0.717, 1.165) is 12.1 Å². The van der Waals surface area contributed by atoms with Gasteiger partial charge in [-0.3, -0.25) is 9.59 Å². The summed E-state index contributed by atoms with van der Waals surface area (Å²) in [6, 6.07) is 12.1. The van der Waals surface area contributed by atoms with E-state index in [2.05, 4.69) is 0 Å². The van der Waals surface area contributed by atoms with E-state index in [1.54, 1.807) is 4.90 Å². The van der Waals surface area contributed by atoms with E-state index in [1.807, 2.05) is 30.3 Å². The Bertz CT molecular complexity index is 806. The summed E-state index contributed by atoms with van der Waals surface area (Å²) in [6.45, 7) is 1.64. The summed E-state index contributed by atoms with van der Waals surface area (Å²) in [5.74, 6) is -1.44. The van der Waals surface area contributed by atoms with Gasteiger partial charge >= 0.3 is 0 Å². The molecule has 27 heavy (non-hydrogen) atoms. The zero-order chi connectivity index (χ0) is 19.2. The molecule has 3 rings (SSSR count). The summed E-state index contributed by atoms with van der Waals surface area (Å²) in [5.41, 5.74) is -0.160. The fourth-order valence-electron chi connectivity index (χ4n) is 2.92. The molecule has 0 spiro atoms. The quantitative estimate of drug-likeness (QED) is 0.809. The van der Waals surface area contributed by atoms with Crippen molar-refractivity contribution in [1.82, 2.24) is 9.80 Å². The van der Waals surface area contributed by atoms with Gasteiger partial charge in [0.1, 0.15) is 17.4 Å². The fraction of sp³-hybridized carbons (Fsp3) is 0.300. The van der Waals surface area contributed by atoms with Gasteiger partial charge in [-0.2, -0.15) is 0 Å². The molecule has 0 atom stereocenters. The summed E-state index contributed by atoms with van der Waals surface area (Å²) in [7, 11) is 0. The molecule has 0 unspecified atom stereocenters. The highest BCUT2D eigenvalue weighted by Crippen LogP contribution is 2.15. The maximum absolute atomic E-state index is 13.8. The van der Waals surface area contributed by atoms with Gasteiger partial charge in [0.05, 0.1) is 18.6 Å². The highest BCUT2D eigenvalue weighted by molar-refractivity contribution is 5.94. The third-order valence-corrected chi connectivity index (χ3v) is 4.41. The van der Waals surface area contributed by atoms with Crippen LogP contribution in [0.1, 0.15) is 16.8 Å². The predicted octanol–water partition coefficient (Wildman–Crippen LogP) is 2.72. The Hall–Kier alpha value is -2.96. The van der Waals surface area contributed by atoms with Gasteiger partial charge in [-0.25, -0.2) is 8.78 Å². The molecule has 2 aromatic rings. The van der Waals surface area contributed by atoms with Gasteiger partial charge < -0.3 is 14.5 Å². The molecule has 0 radical (unpaired) electrons. The molecular weight excluding hydrogens is 354 g/mol. The SMILES string of the molecule is O=C(CCOc1ccccc1)N1CCN(C(=O)c2ccc(F)cc2F)CC1. The zero-order valence-electron chi connectivity index (χ0n) is 14.7. The normalized spacial score (nSPS) is 14.1. The van der Waals surface area contributed by atoms with E-state index in [0.29, 0.717) is 38.0 Å². The number of carbonyl (C=O) groups is 2. The van der Waals surface area contributed by atoms with Crippen molar-refractivity contribution >= 4 is 11.8 Å². The molecule has 7 heteroatoms. The number of ether oxygens (including phenoxy) is 1. The topological polar surface area (TPSA) is 49.9 Å². The first-order valence-electron chi connectivity index (χ1n) is 8.74. The Morgan fingerprint density at radius 2 is 1.59 bits per heavy atom. The number of amides is 2. The minimum absolute atomic E-state index is 0.0500. The zero-order valence-corrected chi connectivity index (χ0v) is 14.7. The molecule has 1 aliphatic rings. The average molecular weight is 374 g/mol. The highest BCUT2D eigenvalue weighted by Gasteiger charge is 2.26. The van der Waals surface area contributed by atoms with Gasteiger partial charge in [-0.05, 0) is 24.3 Å². The summed E-state index contributed by atoms with van der Waals surface area (Å²) >= 11 is 0. The smallest absolute Gasteiger partial charge is 0.256 e. The average Bonchev–Trinajstić information content (AvgIpc) is 2.68. The van der Waals surface area contributed by atoms with E-state index in [9.17, 15) is 18.4 Å². The number of carbonyl (C=O) groups excluding carboxylic acids is 2. The number of rotatable bonds is 5. The highest BCUT2D eigenvalue weighted by atomic mass is 19.1. The second-order valence-electron chi connectivity index (χ2n) is 6.21. The molecule has 1 aliphatic heterocycles. The lowest BCUT2D eigenvalue weighted by Crippen LogP contribution is -2.50. The van der Waals surface area contributed by atoms with Crippen LogP contribution in [-0.4, -0.2) is 54.4 Å². The van der Waals surface area contributed by atoms with E-state index < -0.39 is 17.5 Å². The number of hydrogen-bond donors (Lipinski definition) is 0. The van der Waals surface area contributed by atoms with E-state index in [1.165, 1.54) is 4.90 Å². The number of halogens is 2. The van der Waals surface area contributed by atoms with E-state index in [-0.39, 0.29) is 24.5 Å². The molecule has 0 aromatic heterocycles. The van der Waals surface area contributed by atoms with Crippen LogP contribution in [0.5, 0.6) is 5.75 Å². The summed E-state index contributed by atoms with van der Waals surface area (Å²) in [6.07, 6.45) is 0.245. The first kappa shape index (κ1) is 18.8. The fourth-order valence-corrected chi connectivity index (χ4v) is 2.92. The van der Waals surface area contributed by atoms with Crippen molar-refractivity contribution in [2.45, 2.75) is 6.42 Å². The van der Waals surface area contributed by atoms with E-state index in [4.69, 9.17) is 4.74 Å². The minimum Gasteiger partial charge on any atom is -0.493 e. The monoisotopic (exact) mass is 374 g/mol. The largest absolute Gasteiger partial charge is 0.493 e. The predicted molar refractivity (Wildman–Crippen MR) is 95.4 cm³/mol. The first-order valence-corrected chi connectivity index (χ1v) is 8.74. The molecular formula is C20H20F2N2O3. The number of benzene rings is 2. The van der Waals surface area contributed by atoms with Crippen LogP contribution in [0.15, 0.2) is 48.5 Å². The van der Waals surface area contributed by atoms with Crippen LogP contribution < -0.4 is 4.74 Å². The van der Waals surface area contributed by atoms with Gasteiger partial charge in [-0.15, -0.1) is 0 Å². The van der Waals surface area contributed by atoms with Crippen LogP contribution in [0.25, 0.3) is 0 Å². The lowest BCUT2D eigenvalue weighted by atomic mass is 10.1. The van der Waals surface area contributed by atoms with Crippen molar-refractivity contribution < 1.29 is 23.1 Å². The molecule has 142 valence electrons. The lowest BCUT2D eigenvalue weighted by molar-refractivity contribution is -0.133. The second kappa shape index (κ2) is 8.62. The van der Waals surface area contributed by atoms with Crippen LogP contribution in [0, 0.1) is 11.6 Å². The Morgan fingerprint density at radius 3 is 2.26 bits per heavy atom. The molecule has 0 saturated carbocycles. The Labute approximate surface area is 156 Å². The maximum Gasteiger partial charge on any atom is 0.256 e. The van der Waals surface area contributed by atoms with Gasteiger partial charge in [0, 0.05) is 32.2 Å². The number of hydrogen-bond acceptors (Lipinski definition) is 3. The number of nitrogens with zero attached hydrogens (tertiary/aromatic N) is 2. The first-order chi connectivity index (χ1) is 13.0. The minimum atomic E-state index is -0.878. The van der Waals surface area contributed by atoms with Gasteiger partial charge in [0.25, 0.3) is 5.91 Å². The molecule has 2 amide bonds. The Balaban J connectivity index is 1.46. The van der Waals surface area contributed by atoms with Crippen LogP contribution in [0.3, 0.4) is 0 Å². The van der Waals surface area contributed by atoms with Gasteiger partial charge in [0.2, 0.25) is 5.91 Å². The number of piperazine rings is 1. The molecule has 0 N–H and O–H groups in total. The molecule has 1 saturated heterocycles. The molecule has 5 nitrogen and oxygen atoms in total. The molecule has 2 aromatic carbocycles. The van der Waals surface area contributed by atoms with Crippen molar-refractivity contribution in [3.8, 4) is 5.75 Å². The van der Waals surface area contributed by atoms with Crippen molar-refractivity contribution in [3.05, 3.63) is 65.7 Å². The van der Waals surface area contributed by atoms with Crippen LogP contribution in [-0.2, 0) is 4.79 Å². The van der Waals surface area contributed by atoms with Gasteiger partial charge in [-0.1, -0.05) is 18.2 Å². The molecule has 0 aliphatic carbocycles. The van der Waals surface area contributed by atoms with E-state index >= 15 is 0 Å². The second-order valence-corrected chi connectivity index (χ2v) is 6.21. The maximum atomic E-state index is 13.8. The van der Waals surface area contributed by atoms with Crippen LogP contribution in [0.4, 0.5) is 8.78 Å². The third-order valence-electron chi connectivity index (χ3n) is 4.41. The van der Waals surface area contributed by atoms with Gasteiger partial charge in [0.15, 0.2) is 0 Å². The Kier molecular flexibility index (Phi) is 6.01.